The average Bonchev–Trinajstić information content (AvgIpc) is 3.99. The Morgan fingerprint density at radius 2 is 1.03 bits per heavy atom. The van der Waals surface area contributed by atoms with Crippen molar-refractivity contribution >= 4 is 26.6 Å². The molecule has 0 saturated heterocycles. The maximum atomic E-state index is 12.2. The number of aliphatic hydroxyl groups is 2. The third kappa shape index (κ3) is 14.4. The molecule has 14 nitrogen and oxygen atoms in total. The number of hydrogen-bond donors (Lipinski definition) is 7. The molecular formula is C61H111N3O11S2. The van der Waals surface area contributed by atoms with Crippen molar-refractivity contribution in [3.63, 3.8) is 0 Å². The second kappa shape index (κ2) is 26.0. The summed E-state index contributed by atoms with van der Waals surface area (Å²) in [5.74, 6) is 6.25. The van der Waals surface area contributed by atoms with Crippen LogP contribution in [0, 0.1) is 105 Å². The zero-order chi connectivity index (χ0) is 56.5. The van der Waals surface area contributed by atoms with Crippen LogP contribution in [0.3, 0.4) is 0 Å². The first-order chi connectivity index (χ1) is 36.1. The number of unbranched alkanes of at least 4 members (excludes halogenated alkanes) is 1. The number of Topliss-reactive ketones (excluding diaryl/α,β-unsaturated/α-hetero) is 1. The number of fused-ring (bicyclic) bond motifs is 10. The second-order valence-electron chi connectivity index (χ2n) is 29.0. The van der Waals surface area contributed by atoms with Gasteiger partial charge in [0.25, 0.3) is 0 Å². The van der Waals surface area contributed by atoms with Crippen molar-refractivity contribution in [2.24, 2.45) is 110 Å². The van der Waals surface area contributed by atoms with Gasteiger partial charge in [0.1, 0.15) is 5.78 Å². The monoisotopic (exact) mass is 1130 g/mol. The van der Waals surface area contributed by atoms with E-state index in [2.05, 4.69) is 52.2 Å². The number of carbonyl (C=O) groups excluding carboxylic acids is 1. The Hall–Kier alpha value is -0.790. The van der Waals surface area contributed by atoms with Crippen molar-refractivity contribution in [1.82, 2.24) is 10.6 Å². The minimum atomic E-state index is -4.45. The standard InChI is InChI=1S/C34H65N3O5S.C27H46O6S/c1-23(2)31(42-43(39,40)41)12-9-24(3)27-10-11-28-32-29(14-16-34(27,28)5)33(4)15-13-26(21-25(33)22-30(32)38)37-20-8-19-36-18-7-6-17-35;1-16(2)24(33-34(30,31)32)9-6-17(3)20-7-8-21-25-22(11-13-27(20,21)5)26(4)12-10-19(28)14-18(26)15-23(25)29/h23-32,36-38H,6-22,35H2,1-5H3,(H,39,40,41);16-18,20-25,29H,6-15H2,1-5H3,(H,30,31,32)/t24-,25-,26?,27-,28?,29?,30-,31-,32?,33+,34-;17-,18-,20-,21?,22?,23-,24-,25?,26+,27-/m11/s1. The van der Waals surface area contributed by atoms with Gasteiger partial charge in [-0.3, -0.25) is 13.9 Å². The molecule has 8 rings (SSSR count). The van der Waals surface area contributed by atoms with Gasteiger partial charge >= 0.3 is 20.8 Å². The molecule has 0 aromatic heterocycles. The number of rotatable bonds is 23. The molecule has 8 N–H and O–H groups in total. The van der Waals surface area contributed by atoms with Crippen molar-refractivity contribution in [1.29, 1.82) is 0 Å². The lowest BCUT2D eigenvalue weighted by Gasteiger charge is -2.62. The Balaban J connectivity index is 0.000000230. The van der Waals surface area contributed by atoms with E-state index >= 15 is 0 Å². The highest BCUT2D eigenvalue weighted by molar-refractivity contribution is 7.81. The van der Waals surface area contributed by atoms with E-state index in [4.69, 9.17) is 18.7 Å². The van der Waals surface area contributed by atoms with Crippen molar-refractivity contribution in [3.8, 4) is 0 Å². The van der Waals surface area contributed by atoms with E-state index in [1.807, 2.05) is 27.7 Å². The van der Waals surface area contributed by atoms with Crippen LogP contribution in [0.25, 0.3) is 0 Å². The quantitative estimate of drug-likeness (QED) is 0.0373. The lowest BCUT2D eigenvalue weighted by atomic mass is 9.43. The van der Waals surface area contributed by atoms with Crippen molar-refractivity contribution in [3.05, 3.63) is 0 Å². The van der Waals surface area contributed by atoms with Gasteiger partial charge in [0.15, 0.2) is 0 Å². The number of aliphatic hydroxyl groups excluding tert-OH is 2. The normalized spacial score (nSPS) is 41.5. The summed E-state index contributed by atoms with van der Waals surface area (Å²) in [5, 5.41) is 30.5. The zero-order valence-corrected chi connectivity index (χ0v) is 51.2. The summed E-state index contributed by atoms with van der Waals surface area (Å²) in [6.45, 7) is 26.2. The summed E-state index contributed by atoms with van der Waals surface area (Å²) in [7, 11) is -8.91. The molecule has 21 atom stereocenters. The van der Waals surface area contributed by atoms with Gasteiger partial charge < -0.3 is 26.6 Å². The van der Waals surface area contributed by atoms with E-state index in [0.717, 1.165) is 96.8 Å². The van der Waals surface area contributed by atoms with Crippen LogP contribution in [0.1, 0.15) is 217 Å². The molecule has 8 fully saturated rings. The third-order valence-electron chi connectivity index (χ3n) is 24.3. The van der Waals surface area contributed by atoms with Gasteiger partial charge in [-0.25, -0.2) is 8.37 Å². The molecule has 7 unspecified atom stereocenters. The molecule has 0 aliphatic heterocycles. The molecular weight excluding hydrogens is 1010 g/mol. The highest BCUT2D eigenvalue weighted by Gasteiger charge is 2.65. The van der Waals surface area contributed by atoms with Crippen LogP contribution in [-0.4, -0.2) is 98.6 Å². The minimum Gasteiger partial charge on any atom is -0.393 e. The maximum absolute atomic E-state index is 12.2. The predicted molar refractivity (Wildman–Crippen MR) is 305 cm³/mol. The fourth-order valence-electron chi connectivity index (χ4n) is 20.0. The molecule has 0 aromatic rings. The predicted octanol–water partition coefficient (Wildman–Crippen LogP) is 11.0. The minimum absolute atomic E-state index is 0.00456. The number of carbonyl (C=O) groups is 1. The van der Waals surface area contributed by atoms with Gasteiger partial charge in [-0.1, -0.05) is 69.2 Å². The van der Waals surface area contributed by atoms with E-state index in [9.17, 15) is 36.4 Å². The molecule has 0 bridgehead atoms. The van der Waals surface area contributed by atoms with Crippen LogP contribution in [0.2, 0.25) is 0 Å². The molecule has 0 radical (unpaired) electrons. The molecule has 448 valence electrons. The fourth-order valence-corrected chi connectivity index (χ4v) is 21.2. The lowest BCUT2D eigenvalue weighted by Crippen LogP contribution is -2.59. The Kier molecular flexibility index (Phi) is 21.5. The topological polar surface area (TPSA) is 235 Å². The highest BCUT2D eigenvalue weighted by Crippen LogP contribution is 2.70. The summed E-state index contributed by atoms with van der Waals surface area (Å²) in [6.07, 6.45) is 22.1. The summed E-state index contributed by atoms with van der Waals surface area (Å²) >= 11 is 0. The molecule has 0 heterocycles. The highest BCUT2D eigenvalue weighted by atomic mass is 32.3. The molecule has 0 aromatic carbocycles. The summed E-state index contributed by atoms with van der Waals surface area (Å²) in [4.78, 5) is 12.2. The van der Waals surface area contributed by atoms with E-state index in [1.54, 1.807) is 0 Å². The van der Waals surface area contributed by atoms with Gasteiger partial charge in [-0.05, 0) is 266 Å². The Morgan fingerprint density at radius 3 is 1.51 bits per heavy atom. The third-order valence-corrected chi connectivity index (χ3v) is 25.2. The zero-order valence-electron chi connectivity index (χ0n) is 49.6. The SMILES string of the molecule is CC(C)[C@@H](CC[C@@H](C)[C@H]1CCC2C3C(CC[C@@]21C)[C@@]1(C)CCC(=O)C[C@@H]1C[C@H]3O)OS(=O)(=O)O.CC(C)[C@@H](CC[C@@H](C)[C@H]1CCC2C3C(CC[C@@]21C)[C@@]1(C)CCC(NCCCNCCCCN)C[C@@H]1C[C@H]3O)OS(=O)(=O)O. The van der Waals surface area contributed by atoms with E-state index in [0.29, 0.717) is 114 Å². The molecule has 8 aliphatic rings. The first-order valence-electron chi connectivity index (χ1n) is 31.4. The largest absolute Gasteiger partial charge is 0.397 e. The number of hydrogen-bond acceptors (Lipinski definition) is 12. The number of nitrogens with two attached hydrogens (primary N) is 1. The van der Waals surface area contributed by atoms with E-state index < -0.39 is 33.0 Å². The van der Waals surface area contributed by atoms with Crippen LogP contribution in [0.4, 0.5) is 0 Å². The van der Waals surface area contributed by atoms with Gasteiger partial charge in [0, 0.05) is 18.9 Å². The molecule has 8 aliphatic carbocycles. The molecule has 8 saturated carbocycles. The van der Waals surface area contributed by atoms with Crippen LogP contribution in [0.15, 0.2) is 0 Å². The Bertz CT molecular complexity index is 2150. The molecule has 16 heteroatoms. The van der Waals surface area contributed by atoms with Crippen LogP contribution >= 0.6 is 0 Å². The van der Waals surface area contributed by atoms with Crippen LogP contribution < -0.4 is 16.4 Å². The first-order valence-corrected chi connectivity index (χ1v) is 34.1. The van der Waals surface area contributed by atoms with Crippen molar-refractivity contribution in [2.75, 3.05) is 26.2 Å². The van der Waals surface area contributed by atoms with Gasteiger partial charge in [-0.2, -0.15) is 16.8 Å². The van der Waals surface area contributed by atoms with Gasteiger partial charge in [-0.15, -0.1) is 0 Å². The summed E-state index contributed by atoms with van der Waals surface area (Å²) in [5.41, 5.74) is 6.50. The van der Waals surface area contributed by atoms with Crippen LogP contribution in [-0.2, 0) is 34.0 Å². The lowest BCUT2D eigenvalue weighted by molar-refractivity contribution is -0.169. The van der Waals surface area contributed by atoms with Gasteiger partial charge in [0.2, 0.25) is 0 Å². The first kappa shape index (κ1) is 63.8. The molecule has 77 heavy (non-hydrogen) atoms. The molecule has 0 spiro atoms. The Morgan fingerprint density at radius 1 is 0.571 bits per heavy atom. The van der Waals surface area contributed by atoms with Crippen molar-refractivity contribution < 1.29 is 49.3 Å². The average molecular weight is 1130 g/mol. The summed E-state index contributed by atoms with van der Waals surface area (Å²) < 4.78 is 73.8. The van der Waals surface area contributed by atoms with Gasteiger partial charge in [0.05, 0.1) is 24.4 Å². The summed E-state index contributed by atoms with van der Waals surface area (Å²) in [6, 6.07) is 0.573. The van der Waals surface area contributed by atoms with E-state index in [1.165, 1.54) is 51.4 Å². The maximum Gasteiger partial charge on any atom is 0.397 e. The molecule has 0 amide bonds. The fraction of sp³-hybridized carbons (Fsp3) is 0.984. The smallest absolute Gasteiger partial charge is 0.393 e. The Labute approximate surface area is 468 Å². The number of ketones is 1. The van der Waals surface area contributed by atoms with E-state index in [-0.39, 0.29) is 40.3 Å². The van der Waals surface area contributed by atoms with Crippen molar-refractivity contribution in [2.45, 2.75) is 247 Å². The number of nitrogens with one attached hydrogen (secondary N) is 2. The second-order valence-corrected chi connectivity index (χ2v) is 31.1. The van der Waals surface area contributed by atoms with Crippen LogP contribution in [0.5, 0.6) is 0 Å².